The molecule has 3 aromatic rings. The lowest BCUT2D eigenvalue weighted by molar-refractivity contribution is 0.409. The summed E-state index contributed by atoms with van der Waals surface area (Å²) in [5, 5.41) is 0.982. The van der Waals surface area contributed by atoms with Gasteiger partial charge >= 0.3 is 0 Å². The average molecular weight is 282 g/mol. The summed E-state index contributed by atoms with van der Waals surface area (Å²) in [5.74, 6) is 0.705. The zero-order valence-electron chi connectivity index (χ0n) is 11.9. The van der Waals surface area contributed by atoms with E-state index in [0.29, 0.717) is 28.2 Å². The fourth-order valence-corrected chi connectivity index (χ4v) is 2.42. The fraction of sp³-hybridized carbons (Fsp3) is 0.111. The summed E-state index contributed by atoms with van der Waals surface area (Å²) < 4.78 is 25.4. The Balaban J connectivity index is 2.18. The number of halogens is 1. The number of hydrogen-bond donors (Lipinski definition) is 0. The van der Waals surface area contributed by atoms with Crippen molar-refractivity contribution in [1.29, 1.82) is 0 Å². The number of ether oxygens (including phenoxy) is 1. The number of benzene rings is 2. The number of hydrogen-bond acceptors (Lipinski definition) is 2. The summed E-state index contributed by atoms with van der Waals surface area (Å²) in [5.41, 5.74) is 2.44. The minimum atomic E-state index is -0.364. The van der Waals surface area contributed by atoms with Crippen LogP contribution in [0.4, 0.5) is 4.39 Å². The first kappa shape index (κ1) is 13.4. The second kappa shape index (κ2) is 5.09. The first-order valence-corrected chi connectivity index (χ1v) is 6.62. The zero-order chi connectivity index (χ0) is 15.0. The van der Waals surface area contributed by atoms with Gasteiger partial charge in [-0.3, -0.25) is 0 Å². The molecule has 0 atom stereocenters. The Hall–Kier alpha value is -2.55. The summed E-state index contributed by atoms with van der Waals surface area (Å²) in [4.78, 5) is 0. The van der Waals surface area contributed by atoms with Gasteiger partial charge in [-0.05, 0) is 36.8 Å². The Bertz CT molecular complexity index is 797. The SMILES string of the molecule is C=C(C)c1c(F)cc(-c2cc3ccccc3o2)cc1OC. The quantitative estimate of drug-likeness (QED) is 0.652. The Morgan fingerprint density at radius 3 is 2.62 bits per heavy atom. The lowest BCUT2D eigenvalue weighted by Crippen LogP contribution is -1.94. The Labute approximate surface area is 122 Å². The van der Waals surface area contributed by atoms with E-state index in [1.165, 1.54) is 13.2 Å². The van der Waals surface area contributed by atoms with Crippen LogP contribution in [-0.2, 0) is 0 Å². The van der Waals surface area contributed by atoms with Crippen molar-refractivity contribution in [2.45, 2.75) is 6.92 Å². The highest BCUT2D eigenvalue weighted by atomic mass is 19.1. The van der Waals surface area contributed by atoms with Gasteiger partial charge in [-0.15, -0.1) is 0 Å². The largest absolute Gasteiger partial charge is 0.496 e. The van der Waals surface area contributed by atoms with Crippen molar-refractivity contribution in [2.75, 3.05) is 7.11 Å². The molecule has 1 aromatic heterocycles. The molecule has 0 unspecified atom stereocenters. The first-order chi connectivity index (χ1) is 10.1. The van der Waals surface area contributed by atoms with Gasteiger partial charge in [-0.25, -0.2) is 4.39 Å². The van der Waals surface area contributed by atoms with E-state index in [1.807, 2.05) is 30.3 Å². The molecule has 0 bridgehead atoms. The standard InChI is InChI=1S/C18H15FO2/c1-11(2)18-14(19)8-13(10-17(18)20-3)16-9-12-6-4-5-7-15(12)21-16/h4-10H,1H2,2-3H3. The Kier molecular flexibility index (Phi) is 3.26. The van der Waals surface area contributed by atoms with Gasteiger partial charge in [0.25, 0.3) is 0 Å². The summed E-state index contributed by atoms with van der Waals surface area (Å²) >= 11 is 0. The average Bonchev–Trinajstić information content (AvgIpc) is 2.89. The fourth-order valence-electron chi connectivity index (χ4n) is 2.42. The van der Waals surface area contributed by atoms with Crippen LogP contribution in [-0.4, -0.2) is 7.11 Å². The third kappa shape index (κ3) is 2.31. The third-order valence-corrected chi connectivity index (χ3v) is 3.41. The van der Waals surface area contributed by atoms with Gasteiger partial charge in [-0.2, -0.15) is 0 Å². The highest BCUT2D eigenvalue weighted by molar-refractivity contribution is 5.83. The molecule has 3 heteroatoms. The lowest BCUT2D eigenvalue weighted by Gasteiger charge is -2.11. The molecule has 0 aliphatic rings. The van der Waals surface area contributed by atoms with E-state index in [0.717, 1.165) is 11.0 Å². The molecule has 3 rings (SSSR count). The van der Waals surface area contributed by atoms with Crippen molar-refractivity contribution in [3.63, 3.8) is 0 Å². The second-order valence-electron chi connectivity index (χ2n) is 4.96. The number of fused-ring (bicyclic) bond motifs is 1. The molecule has 106 valence electrons. The molecule has 0 N–H and O–H groups in total. The monoisotopic (exact) mass is 282 g/mol. The highest BCUT2D eigenvalue weighted by Crippen LogP contribution is 2.35. The summed E-state index contributed by atoms with van der Waals surface area (Å²) in [6, 6.07) is 12.8. The van der Waals surface area contributed by atoms with E-state index in [4.69, 9.17) is 9.15 Å². The Morgan fingerprint density at radius 2 is 1.95 bits per heavy atom. The van der Waals surface area contributed by atoms with E-state index in [-0.39, 0.29) is 5.82 Å². The molecule has 1 heterocycles. The molecule has 0 saturated carbocycles. The molecule has 0 fully saturated rings. The van der Waals surface area contributed by atoms with Crippen LogP contribution >= 0.6 is 0 Å². The van der Waals surface area contributed by atoms with Gasteiger partial charge in [0.1, 0.15) is 22.9 Å². The predicted molar refractivity (Wildman–Crippen MR) is 82.9 cm³/mol. The second-order valence-corrected chi connectivity index (χ2v) is 4.96. The van der Waals surface area contributed by atoms with Gasteiger partial charge < -0.3 is 9.15 Å². The molecule has 0 radical (unpaired) electrons. The maximum atomic E-state index is 14.3. The van der Waals surface area contributed by atoms with Crippen molar-refractivity contribution in [3.05, 3.63) is 60.4 Å². The van der Waals surface area contributed by atoms with Crippen LogP contribution in [0.3, 0.4) is 0 Å². The number of allylic oxidation sites excluding steroid dienone is 1. The van der Waals surface area contributed by atoms with Crippen LogP contribution in [0.15, 0.2) is 53.5 Å². The third-order valence-electron chi connectivity index (χ3n) is 3.41. The van der Waals surface area contributed by atoms with Crippen molar-refractivity contribution in [1.82, 2.24) is 0 Å². The minimum absolute atomic E-state index is 0.364. The van der Waals surface area contributed by atoms with Crippen molar-refractivity contribution in [2.24, 2.45) is 0 Å². The van der Waals surface area contributed by atoms with Crippen LogP contribution in [0.2, 0.25) is 0 Å². The summed E-state index contributed by atoms with van der Waals surface area (Å²) in [6.45, 7) is 5.54. The van der Waals surface area contributed by atoms with Gasteiger partial charge in [0.15, 0.2) is 0 Å². The van der Waals surface area contributed by atoms with Gasteiger partial charge in [-0.1, -0.05) is 24.8 Å². The summed E-state index contributed by atoms with van der Waals surface area (Å²) in [6.07, 6.45) is 0. The van der Waals surface area contributed by atoms with E-state index in [9.17, 15) is 4.39 Å². The molecular formula is C18H15FO2. The number of furan rings is 1. The van der Waals surface area contributed by atoms with E-state index < -0.39 is 0 Å². The zero-order valence-corrected chi connectivity index (χ0v) is 11.9. The summed E-state index contributed by atoms with van der Waals surface area (Å²) in [7, 11) is 1.52. The first-order valence-electron chi connectivity index (χ1n) is 6.62. The van der Waals surface area contributed by atoms with E-state index >= 15 is 0 Å². The number of methoxy groups -OCH3 is 1. The molecule has 2 nitrogen and oxygen atoms in total. The molecular weight excluding hydrogens is 267 g/mol. The maximum Gasteiger partial charge on any atom is 0.135 e. The smallest absolute Gasteiger partial charge is 0.135 e. The molecule has 0 spiro atoms. The lowest BCUT2D eigenvalue weighted by atomic mass is 10.0. The van der Waals surface area contributed by atoms with Gasteiger partial charge in [0.2, 0.25) is 0 Å². The van der Waals surface area contributed by atoms with Crippen LogP contribution in [0.5, 0.6) is 5.75 Å². The van der Waals surface area contributed by atoms with Crippen molar-refractivity contribution < 1.29 is 13.5 Å². The number of para-hydroxylation sites is 1. The van der Waals surface area contributed by atoms with Crippen LogP contribution in [0, 0.1) is 5.82 Å². The van der Waals surface area contributed by atoms with Gasteiger partial charge in [0, 0.05) is 10.9 Å². The minimum Gasteiger partial charge on any atom is -0.496 e. The topological polar surface area (TPSA) is 22.4 Å². The molecule has 0 aliphatic heterocycles. The predicted octanol–water partition coefficient (Wildman–Crippen LogP) is 5.28. The van der Waals surface area contributed by atoms with Crippen molar-refractivity contribution in [3.8, 4) is 17.1 Å². The Morgan fingerprint density at radius 1 is 1.19 bits per heavy atom. The molecule has 0 aliphatic carbocycles. The molecule has 21 heavy (non-hydrogen) atoms. The van der Waals surface area contributed by atoms with Crippen LogP contribution < -0.4 is 4.74 Å². The molecule has 2 aromatic carbocycles. The van der Waals surface area contributed by atoms with Gasteiger partial charge in [0.05, 0.1) is 12.7 Å². The van der Waals surface area contributed by atoms with Crippen LogP contribution in [0.1, 0.15) is 12.5 Å². The van der Waals surface area contributed by atoms with Crippen molar-refractivity contribution >= 4 is 16.5 Å². The normalized spacial score (nSPS) is 10.8. The highest BCUT2D eigenvalue weighted by Gasteiger charge is 2.15. The number of rotatable bonds is 3. The maximum absolute atomic E-state index is 14.3. The van der Waals surface area contributed by atoms with Crippen LogP contribution in [0.25, 0.3) is 27.9 Å². The molecule has 0 saturated heterocycles. The molecule has 0 amide bonds. The van der Waals surface area contributed by atoms with E-state index in [1.54, 1.807) is 13.0 Å². The van der Waals surface area contributed by atoms with E-state index in [2.05, 4.69) is 6.58 Å².